The van der Waals surface area contributed by atoms with E-state index in [1.807, 2.05) is 41.1 Å². The Labute approximate surface area is 180 Å². The highest BCUT2D eigenvalue weighted by Gasteiger charge is 2.37. The Kier molecular flexibility index (Phi) is 5.19. The van der Waals surface area contributed by atoms with Gasteiger partial charge in [-0.25, -0.2) is 9.97 Å². The van der Waals surface area contributed by atoms with Crippen LogP contribution in [0, 0.1) is 6.92 Å². The number of thiophene rings is 1. The maximum absolute atomic E-state index is 14.0. The van der Waals surface area contributed by atoms with Crippen LogP contribution in [-0.2, 0) is 17.5 Å². The van der Waals surface area contributed by atoms with Gasteiger partial charge in [0, 0.05) is 25.0 Å². The highest BCUT2D eigenvalue weighted by molar-refractivity contribution is 7.13. The Morgan fingerprint density at radius 2 is 2.13 bits per heavy atom. The summed E-state index contributed by atoms with van der Waals surface area (Å²) in [5, 5.41) is 5.88. The Balaban J connectivity index is 1.75. The van der Waals surface area contributed by atoms with Gasteiger partial charge >= 0.3 is 6.18 Å². The minimum absolute atomic E-state index is 0.0137. The first kappa shape index (κ1) is 20.4. The number of halogens is 3. The topological polar surface area (TPSA) is 52.0 Å². The molecular formula is C22H21F3N4OS. The van der Waals surface area contributed by atoms with E-state index < -0.39 is 11.9 Å². The first-order valence-electron chi connectivity index (χ1n) is 10.2. The molecule has 1 atom stereocenters. The molecule has 1 N–H and O–H groups in total. The van der Waals surface area contributed by atoms with Crippen molar-refractivity contribution < 1.29 is 17.9 Å². The average molecular weight is 446 g/mol. The lowest BCUT2D eigenvalue weighted by Gasteiger charge is -2.24. The standard InChI is InChI=1S/C22H21F3N4OS/c1-13-4-5-15-16(11-13)27-20(22(23,24)25)18-19(15)29(8-6-14-12-26-7-9-30-14)21(28-18)17-3-2-10-31-17/h2-5,10-11,14,26H,6-9,12H2,1H3. The lowest BCUT2D eigenvalue weighted by molar-refractivity contribution is -0.139. The van der Waals surface area contributed by atoms with E-state index in [9.17, 15) is 13.2 Å². The summed E-state index contributed by atoms with van der Waals surface area (Å²) in [6.45, 7) is 4.53. The molecule has 0 saturated carbocycles. The Morgan fingerprint density at radius 3 is 2.84 bits per heavy atom. The summed E-state index contributed by atoms with van der Waals surface area (Å²) in [5.41, 5.74) is 0.625. The number of nitrogens with one attached hydrogen (secondary N) is 1. The van der Waals surface area contributed by atoms with E-state index in [1.165, 1.54) is 11.3 Å². The summed E-state index contributed by atoms with van der Waals surface area (Å²) < 4.78 is 49.6. The molecule has 5 nitrogen and oxygen atoms in total. The fourth-order valence-electron chi connectivity index (χ4n) is 4.09. The van der Waals surface area contributed by atoms with Crippen LogP contribution >= 0.6 is 11.3 Å². The molecule has 1 unspecified atom stereocenters. The molecule has 0 spiro atoms. The second-order valence-corrected chi connectivity index (χ2v) is 8.67. The first-order valence-corrected chi connectivity index (χ1v) is 11.0. The molecule has 3 aromatic heterocycles. The summed E-state index contributed by atoms with van der Waals surface area (Å²) in [7, 11) is 0. The normalized spacial score (nSPS) is 17.6. The van der Waals surface area contributed by atoms with Crippen molar-refractivity contribution in [3.8, 4) is 10.7 Å². The summed E-state index contributed by atoms with van der Waals surface area (Å²) in [6.07, 6.45) is -3.91. The first-order chi connectivity index (χ1) is 14.9. The van der Waals surface area contributed by atoms with Crippen molar-refractivity contribution in [1.82, 2.24) is 19.9 Å². The van der Waals surface area contributed by atoms with Gasteiger partial charge in [0.15, 0.2) is 11.5 Å². The lowest BCUT2D eigenvalue weighted by atomic mass is 10.1. The molecule has 0 radical (unpaired) electrons. The van der Waals surface area contributed by atoms with Crippen LogP contribution in [0.3, 0.4) is 0 Å². The van der Waals surface area contributed by atoms with Gasteiger partial charge in [-0.1, -0.05) is 18.2 Å². The number of ether oxygens (including phenoxy) is 1. The Hall–Kier alpha value is -2.49. The molecule has 1 fully saturated rings. The number of aromatic nitrogens is 3. The van der Waals surface area contributed by atoms with E-state index in [1.54, 1.807) is 6.07 Å². The predicted octanol–water partition coefficient (Wildman–Crippen LogP) is 5.02. The van der Waals surface area contributed by atoms with E-state index >= 15 is 0 Å². The SMILES string of the molecule is Cc1ccc2c(c1)nc(C(F)(F)F)c1nc(-c3cccs3)n(CCC3CNCCO3)c12. The number of alkyl halides is 3. The lowest BCUT2D eigenvalue weighted by Crippen LogP contribution is -2.38. The third-order valence-corrected chi connectivity index (χ3v) is 6.39. The minimum atomic E-state index is -4.60. The molecule has 0 aliphatic carbocycles. The molecule has 1 aromatic carbocycles. The molecule has 0 amide bonds. The third-order valence-electron chi connectivity index (χ3n) is 5.52. The van der Waals surface area contributed by atoms with Crippen molar-refractivity contribution in [1.29, 1.82) is 0 Å². The number of morpholine rings is 1. The number of benzene rings is 1. The molecule has 4 aromatic rings. The van der Waals surface area contributed by atoms with Gasteiger partial charge in [-0.05, 0) is 36.4 Å². The van der Waals surface area contributed by atoms with Crippen LogP contribution in [0.25, 0.3) is 32.6 Å². The van der Waals surface area contributed by atoms with Crippen molar-refractivity contribution in [2.24, 2.45) is 0 Å². The van der Waals surface area contributed by atoms with Gasteiger partial charge in [0.1, 0.15) is 5.52 Å². The van der Waals surface area contributed by atoms with Crippen molar-refractivity contribution in [3.05, 3.63) is 47.0 Å². The quantitative estimate of drug-likeness (QED) is 0.478. The van der Waals surface area contributed by atoms with Gasteiger partial charge in [0.05, 0.1) is 28.6 Å². The summed E-state index contributed by atoms with van der Waals surface area (Å²) in [5.74, 6) is 0.536. The molecule has 31 heavy (non-hydrogen) atoms. The maximum Gasteiger partial charge on any atom is 0.435 e. The van der Waals surface area contributed by atoms with Crippen molar-refractivity contribution in [2.45, 2.75) is 32.2 Å². The number of hydrogen-bond donors (Lipinski definition) is 1. The van der Waals surface area contributed by atoms with Crippen LogP contribution in [0.5, 0.6) is 0 Å². The van der Waals surface area contributed by atoms with Crippen LogP contribution in [0.15, 0.2) is 35.7 Å². The van der Waals surface area contributed by atoms with Crippen molar-refractivity contribution in [2.75, 3.05) is 19.7 Å². The summed E-state index contributed by atoms with van der Waals surface area (Å²) in [4.78, 5) is 9.31. The number of nitrogens with zero attached hydrogens (tertiary/aromatic N) is 3. The highest BCUT2D eigenvalue weighted by atomic mass is 32.1. The van der Waals surface area contributed by atoms with Gasteiger partial charge in [-0.3, -0.25) is 0 Å². The van der Waals surface area contributed by atoms with E-state index in [0.29, 0.717) is 41.8 Å². The third kappa shape index (κ3) is 3.81. The fourth-order valence-corrected chi connectivity index (χ4v) is 4.81. The second kappa shape index (κ2) is 7.89. The van der Waals surface area contributed by atoms with Gasteiger partial charge in [-0.2, -0.15) is 13.2 Å². The smallest absolute Gasteiger partial charge is 0.376 e. The molecule has 5 rings (SSSR count). The van der Waals surface area contributed by atoms with E-state index in [4.69, 9.17) is 4.74 Å². The van der Waals surface area contributed by atoms with Crippen LogP contribution < -0.4 is 5.32 Å². The van der Waals surface area contributed by atoms with E-state index in [2.05, 4.69) is 15.3 Å². The molecule has 9 heteroatoms. The zero-order valence-corrected chi connectivity index (χ0v) is 17.7. The van der Waals surface area contributed by atoms with Crippen LogP contribution in [0.4, 0.5) is 13.2 Å². The highest BCUT2D eigenvalue weighted by Crippen LogP contribution is 2.39. The number of hydrogen-bond acceptors (Lipinski definition) is 5. The summed E-state index contributed by atoms with van der Waals surface area (Å²) in [6, 6.07) is 9.19. The number of rotatable bonds is 4. The molecule has 4 heterocycles. The Morgan fingerprint density at radius 1 is 1.26 bits per heavy atom. The fraction of sp³-hybridized carbons (Fsp3) is 0.364. The molecule has 162 valence electrons. The second-order valence-electron chi connectivity index (χ2n) is 7.73. The number of imidazole rings is 1. The molecule has 1 saturated heterocycles. The van der Waals surface area contributed by atoms with Crippen LogP contribution in [0.2, 0.25) is 0 Å². The molecule has 1 aliphatic rings. The largest absolute Gasteiger partial charge is 0.435 e. The monoisotopic (exact) mass is 446 g/mol. The van der Waals surface area contributed by atoms with Gasteiger partial charge in [-0.15, -0.1) is 11.3 Å². The van der Waals surface area contributed by atoms with Gasteiger partial charge in [0.25, 0.3) is 0 Å². The van der Waals surface area contributed by atoms with E-state index in [0.717, 1.165) is 23.5 Å². The summed E-state index contributed by atoms with van der Waals surface area (Å²) >= 11 is 1.46. The number of fused-ring (bicyclic) bond motifs is 3. The number of pyridine rings is 1. The van der Waals surface area contributed by atoms with E-state index in [-0.39, 0.29) is 11.6 Å². The van der Waals surface area contributed by atoms with Gasteiger partial charge in [0.2, 0.25) is 0 Å². The molecule has 1 aliphatic heterocycles. The zero-order chi connectivity index (χ0) is 21.6. The Bertz CT molecular complexity index is 1230. The predicted molar refractivity (Wildman–Crippen MR) is 115 cm³/mol. The minimum Gasteiger partial charge on any atom is -0.376 e. The number of aryl methyl sites for hydroxylation is 2. The zero-order valence-electron chi connectivity index (χ0n) is 16.9. The maximum atomic E-state index is 14.0. The van der Waals surface area contributed by atoms with Crippen LogP contribution in [0.1, 0.15) is 17.7 Å². The molecular weight excluding hydrogens is 425 g/mol. The van der Waals surface area contributed by atoms with Gasteiger partial charge < -0.3 is 14.6 Å². The average Bonchev–Trinajstić information content (AvgIpc) is 3.39. The van der Waals surface area contributed by atoms with Crippen LogP contribution in [-0.4, -0.2) is 40.3 Å². The molecule has 0 bridgehead atoms. The van der Waals surface area contributed by atoms with Crippen molar-refractivity contribution >= 4 is 33.3 Å². The van der Waals surface area contributed by atoms with Crippen molar-refractivity contribution in [3.63, 3.8) is 0 Å².